The van der Waals surface area contributed by atoms with Crippen LogP contribution < -0.4 is 5.32 Å². The van der Waals surface area contributed by atoms with Crippen molar-refractivity contribution in [3.63, 3.8) is 0 Å². The van der Waals surface area contributed by atoms with E-state index in [1.807, 2.05) is 60.7 Å². The Morgan fingerprint density at radius 2 is 1.50 bits per heavy atom. The van der Waals surface area contributed by atoms with Crippen molar-refractivity contribution in [1.29, 1.82) is 0 Å². The molecule has 3 heterocycles. The maximum absolute atomic E-state index is 12.7. The number of rotatable bonds is 9. The van der Waals surface area contributed by atoms with E-state index in [9.17, 15) is 9.90 Å². The van der Waals surface area contributed by atoms with E-state index in [0.29, 0.717) is 25.3 Å². The van der Waals surface area contributed by atoms with Crippen LogP contribution in [0.25, 0.3) is 11.1 Å². The van der Waals surface area contributed by atoms with Crippen LogP contribution in [-0.4, -0.2) is 60.7 Å². The van der Waals surface area contributed by atoms with E-state index in [0.717, 1.165) is 65.9 Å². The average Bonchev–Trinajstić information content (AvgIpc) is 3.61. The number of carbonyl (C=O) groups is 1. The number of carbonyl (C=O) groups excluding carboxylic acids is 1. The van der Waals surface area contributed by atoms with E-state index in [1.165, 1.54) is 0 Å². The summed E-state index contributed by atoms with van der Waals surface area (Å²) >= 11 is 0. The fraction of sp³-hybridized carbons (Fsp3) is 0.375. The maximum atomic E-state index is 12.7. The number of hydrogen-bond donors (Lipinski definition) is 2. The minimum atomic E-state index is -0.541. The molecule has 3 fully saturated rings. The first kappa shape index (κ1) is 32.6. The number of hydrogen-bond acceptors (Lipinski definition) is 7. The molecular formula is C40H44N2O6. The Kier molecular flexibility index (Phi) is 10.00. The summed E-state index contributed by atoms with van der Waals surface area (Å²) in [6.07, 6.45) is 0.950. The molecule has 4 aromatic carbocycles. The summed E-state index contributed by atoms with van der Waals surface area (Å²) in [4.78, 5) is 15.2. The van der Waals surface area contributed by atoms with Gasteiger partial charge in [0.1, 0.15) is 0 Å². The van der Waals surface area contributed by atoms with Gasteiger partial charge in [-0.15, -0.1) is 0 Å². The first-order valence-corrected chi connectivity index (χ1v) is 17.0. The number of benzene rings is 4. The summed E-state index contributed by atoms with van der Waals surface area (Å²) in [5.74, 6) is -0.402. The van der Waals surface area contributed by atoms with E-state index < -0.39 is 12.1 Å². The molecule has 7 rings (SSSR count). The molecule has 0 saturated carbocycles. The summed E-state index contributed by atoms with van der Waals surface area (Å²) in [6.45, 7) is 6.57. The minimum absolute atomic E-state index is 0.00840. The van der Waals surface area contributed by atoms with Crippen LogP contribution in [0.3, 0.4) is 0 Å². The van der Waals surface area contributed by atoms with Gasteiger partial charge in [0.2, 0.25) is 0 Å². The van der Waals surface area contributed by atoms with Crippen LogP contribution in [0, 0.1) is 5.92 Å². The molecule has 0 aromatic heterocycles. The maximum Gasteiger partial charge on any atom is 0.251 e. The lowest BCUT2D eigenvalue weighted by Crippen LogP contribution is -2.50. The molecule has 3 saturated heterocycles. The number of aliphatic hydroxyl groups is 1. The van der Waals surface area contributed by atoms with Gasteiger partial charge in [-0.1, -0.05) is 97.9 Å². The van der Waals surface area contributed by atoms with Crippen molar-refractivity contribution in [2.24, 2.45) is 5.92 Å². The highest BCUT2D eigenvalue weighted by Crippen LogP contribution is 2.43. The van der Waals surface area contributed by atoms with E-state index >= 15 is 0 Å². The largest absolute Gasteiger partial charge is 0.392 e. The van der Waals surface area contributed by atoms with Crippen LogP contribution in [0.2, 0.25) is 0 Å². The van der Waals surface area contributed by atoms with Crippen LogP contribution in [0.5, 0.6) is 0 Å². The molecule has 3 aliphatic heterocycles. The quantitative estimate of drug-likeness (QED) is 0.217. The lowest BCUT2D eigenvalue weighted by Gasteiger charge is -2.44. The standard InChI is InChI=1S/C40H44N2O6/c1-28-36(26-42-21-19-40(20-22-42)45-23-24-46-40)47-39(48-37(28)31-13-11-29(27-43)12-14-31)33-17-15-30(16-18-33)35-10-6-5-9-34(35)25-41-38(44)32-7-3-2-4-8-32/h2-18,28,36-37,39,43H,19-27H2,1H3,(H,41,44)/t28-,36+,37+,39+/m0/s1. The summed E-state index contributed by atoms with van der Waals surface area (Å²) in [5.41, 5.74) is 6.70. The predicted octanol–water partition coefficient (Wildman–Crippen LogP) is 6.41. The topological polar surface area (TPSA) is 89.5 Å². The van der Waals surface area contributed by atoms with Gasteiger partial charge >= 0.3 is 0 Å². The van der Waals surface area contributed by atoms with E-state index in [2.05, 4.69) is 59.6 Å². The van der Waals surface area contributed by atoms with Crippen LogP contribution in [0.4, 0.5) is 0 Å². The zero-order valence-corrected chi connectivity index (χ0v) is 27.4. The Morgan fingerprint density at radius 1 is 0.833 bits per heavy atom. The second-order valence-electron chi connectivity index (χ2n) is 13.1. The zero-order valence-electron chi connectivity index (χ0n) is 27.4. The Balaban J connectivity index is 1.08. The van der Waals surface area contributed by atoms with Crippen molar-refractivity contribution in [3.8, 4) is 11.1 Å². The molecule has 1 spiro atoms. The molecule has 250 valence electrons. The number of piperidine rings is 1. The Labute approximate surface area is 282 Å². The number of likely N-dealkylation sites (tertiary alicyclic amines) is 1. The van der Waals surface area contributed by atoms with Crippen LogP contribution in [0.15, 0.2) is 103 Å². The Morgan fingerprint density at radius 3 is 2.21 bits per heavy atom. The first-order chi connectivity index (χ1) is 23.5. The lowest BCUT2D eigenvalue weighted by molar-refractivity contribution is -0.278. The molecular weight excluding hydrogens is 604 g/mol. The van der Waals surface area contributed by atoms with Gasteiger partial charge in [0.05, 0.1) is 32.0 Å². The molecule has 48 heavy (non-hydrogen) atoms. The van der Waals surface area contributed by atoms with Crippen molar-refractivity contribution in [3.05, 3.63) is 131 Å². The highest BCUT2D eigenvalue weighted by atomic mass is 16.7. The van der Waals surface area contributed by atoms with Crippen molar-refractivity contribution in [2.75, 3.05) is 32.8 Å². The van der Waals surface area contributed by atoms with E-state index in [-0.39, 0.29) is 30.6 Å². The third kappa shape index (κ3) is 7.25. The number of nitrogens with zero attached hydrogens (tertiary/aromatic N) is 1. The van der Waals surface area contributed by atoms with Crippen LogP contribution >= 0.6 is 0 Å². The number of ether oxygens (including phenoxy) is 4. The van der Waals surface area contributed by atoms with Crippen molar-refractivity contribution in [1.82, 2.24) is 10.2 Å². The molecule has 8 heteroatoms. The summed E-state index contributed by atoms with van der Waals surface area (Å²) in [5, 5.41) is 12.7. The summed E-state index contributed by atoms with van der Waals surface area (Å²) < 4.78 is 25.4. The SMILES string of the molecule is C[C@H]1[C@@H](CN2CCC3(CC2)OCCO3)O[C@@H](c2ccc(-c3ccccc3CNC(=O)c3ccccc3)cc2)O[C@H]1c1ccc(CO)cc1. The van der Waals surface area contributed by atoms with Gasteiger partial charge in [0.15, 0.2) is 12.1 Å². The van der Waals surface area contributed by atoms with Gasteiger partial charge in [0.25, 0.3) is 5.91 Å². The fourth-order valence-corrected chi connectivity index (χ4v) is 7.09. The van der Waals surface area contributed by atoms with Crippen LogP contribution in [0.1, 0.15) is 64.8 Å². The molecule has 1 amide bonds. The van der Waals surface area contributed by atoms with Gasteiger partial charge in [-0.3, -0.25) is 4.79 Å². The zero-order chi connectivity index (χ0) is 32.9. The number of nitrogens with one attached hydrogen (secondary N) is 1. The van der Waals surface area contributed by atoms with Crippen molar-refractivity contribution < 1.29 is 28.8 Å². The molecule has 0 bridgehead atoms. The highest BCUT2D eigenvalue weighted by Gasteiger charge is 2.43. The fourth-order valence-electron chi connectivity index (χ4n) is 7.09. The first-order valence-electron chi connectivity index (χ1n) is 17.0. The number of aliphatic hydroxyl groups excluding tert-OH is 1. The smallest absolute Gasteiger partial charge is 0.251 e. The third-order valence-electron chi connectivity index (χ3n) is 9.98. The normalized spacial score (nSPS) is 24.0. The summed E-state index contributed by atoms with van der Waals surface area (Å²) in [7, 11) is 0. The monoisotopic (exact) mass is 648 g/mol. The predicted molar refractivity (Wildman–Crippen MR) is 183 cm³/mol. The molecule has 0 unspecified atom stereocenters. The van der Waals surface area contributed by atoms with Crippen LogP contribution in [-0.2, 0) is 32.1 Å². The van der Waals surface area contributed by atoms with E-state index in [4.69, 9.17) is 18.9 Å². The molecule has 8 nitrogen and oxygen atoms in total. The highest BCUT2D eigenvalue weighted by molar-refractivity contribution is 5.94. The average molecular weight is 649 g/mol. The second kappa shape index (κ2) is 14.7. The van der Waals surface area contributed by atoms with Gasteiger partial charge < -0.3 is 34.3 Å². The van der Waals surface area contributed by atoms with Gasteiger partial charge in [-0.05, 0) is 39.9 Å². The lowest BCUT2D eigenvalue weighted by atomic mass is 9.89. The number of amides is 1. The Hall–Kier alpha value is -3.89. The molecule has 4 atom stereocenters. The van der Waals surface area contributed by atoms with Crippen molar-refractivity contribution in [2.45, 2.75) is 57.2 Å². The Bertz CT molecular complexity index is 1650. The molecule has 4 aromatic rings. The molecule has 0 aliphatic carbocycles. The third-order valence-corrected chi connectivity index (χ3v) is 9.98. The summed E-state index contributed by atoms with van der Waals surface area (Å²) in [6, 6.07) is 33.8. The molecule has 2 N–H and O–H groups in total. The molecule has 3 aliphatic rings. The van der Waals surface area contributed by atoms with Crippen molar-refractivity contribution >= 4 is 5.91 Å². The van der Waals surface area contributed by atoms with Gasteiger partial charge in [-0.25, -0.2) is 0 Å². The van der Waals surface area contributed by atoms with E-state index in [1.54, 1.807) is 0 Å². The molecule has 0 radical (unpaired) electrons. The second-order valence-corrected chi connectivity index (χ2v) is 13.1. The van der Waals surface area contributed by atoms with Gasteiger partial charge in [-0.2, -0.15) is 0 Å². The van der Waals surface area contributed by atoms with Gasteiger partial charge in [0, 0.05) is 56.1 Å². The minimum Gasteiger partial charge on any atom is -0.392 e.